The SMILES string of the molecule is CN(C)c1ccc(-c2ccc(-c3nc4ccc(OCCCNCCOc5ccc6c(c5)CN(C5CCC(=O)NC5=O)C6=O)cc4s3)cc2)cn1. The largest absolute Gasteiger partial charge is 0.493 e. The predicted octanol–water partition coefficient (Wildman–Crippen LogP) is 5.29. The zero-order valence-electron chi connectivity index (χ0n) is 28.0. The number of anilines is 1. The van der Waals surface area contributed by atoms with Gasteiger partial charge < -0.3 is 24.6 Å². The number of amides is 3. The van der Waals surface area contributed by atoms with Gasteiger partial charge in [-0.2, -0.15) is 0 Å². The van der Waals surface area contributed by atoms with E-state index in [0.717, 1.165) is 62.0 Å². The molecule has 0 aliphatic carbocycles. The van der Waals surface area contributed by atoms with Gasteiger partial charge in [0, 0.05) is 56.5 Å². The summed E-state index contributed by atoms with van der Waals surface area (Å²) in [6.45, 7) is 2.82. The summed E-state index contributed by atoms with van der Waals surface area (Å²) < 4.78 is 13.0. The van der Waals surface area contributed by atoms with Gasteiger partial charge in [0.2, 0.25) is 11.8 Å². The molecule has 2 N–H and O–H groups in total. The number of nitrogens with one attached hydrogen (secondary N) is 2. The zero-order valence-corrected chi connectivity index (χ0v) is 28.8. The van der Waals surface area contributed by atoms with Crippen molar-refractivity contribution in [3.05, 3.63) is 90.1 Å². The lowest BCUT2D eigenvalue weighted by atomic mass is 10.0. The van der Waals surface area contributed by atoms with Gasteiger partial charge in [0.05, 0.1) is 16.8 Å². The van der Waals surface area contributed by atoms with Crippen LogP contribution in [0, 0.1) is 0 Å². The second-order valence-corrected chi connectivity index (χ2v) is 13.6. The van der Waals surface area contributed by atoms with Crippen molar-refractivity contribution in [2.45, 2.75) is 31.8 Å². The maximum Gasteiger partial charge on any atom is 0.255 e. The first-order valence-electron chi connectivity index (χ1n) is 16.7. The Morgan fingerprint density at radius 1 is 0.900 bits per heavy atom. The molecule has 1 saturated heterocycles. The van der Waals surface area contributed by atoms with E-state index in [9.17, 15) is 14.4 Å². The fraction of sp³-hybridized carbons (Fsp3) is 0.289. The molecular formula is C38H38N6O5S. The Bertz CT molecular complexity index is 2030. The Hall–Kier alpha value is -5.33. The highest BCUT2D eigenvalue weighted by Crippen LogP contribution is 2.34. The first-order valence-corrected chi connectivity index (χ1v) is 17.5. The van der Waals surface area contributed by atoms with Gasteiger partial charge >= 0.3 is 0 Å². The van der Waals surface area contributed by atoms with E-state index in [-0.39, 0.29) is 18.2 Å². The van der Waals surface area contributed by atoms with E-state index in [2.05, 4.69) is 52.0 Å². The van der Waals surface area contributed by atoms with Gasteiger partial charge in [-0.3, -0.25) is 19.7 Å². The molecule has 3 amide bonds. The lowest BCUT2D eigenvalue weighted by Crippen LogP contribution is -2.52. The lowest BCUT2D eigenvalue weighted by Gasteiger charge is -2.29. The number of hydrogen-bond donors (Lipinski definition) is 2. The van der Waals surface area contributed by atoms with E-state index in [1.165, 1.54) is 4.90 Å². The second kappa shape index (κ2) is 14.7. The molecule has 1 unspecified atom stereocenters. The summed E-state index contributed by atoms with van der Waals surface area (Å²) in [5.41, 5.74) is 5.62. The Morgan fingerprint density at radius 3 is 2.44 bits per heavy atom. The van der Waals surface area contributed by atoms with Gasteiger partial charge in [-0.1, -0.05) is 24.3 Å². The number of pyridine rings is 1. The first-order chi connectivity index (χ1) is 24.3. The summed E-state index contributed by atoms with van der Waals surface area (Å²) in [6.07, 6.45) is 3.31. The third-order valence-electron chi connectivity index (χ3n) is 8.84. The van der Waals surface area contributed by atoms with Crippen LogP contribution in [0.2, 0.25) is 0 Å². The lowest BCUT2D eigenvalue weighted by molar-refractivity contribution is -0.136. The average Bonchev–Trinajstić information content (AvgIpc) is 3.70. The fourth-order valence-corrected chi connectivity index (χ4v) is 7.14. The minimum atomic E-state index is -0.626. The monoisotopic (exact) mass is 690 g/mol. The first kappa shape index (κ1) is 33.2. The molecule has 2 aromatic heterocycles. The van der Waals surface area contributed by atoms with Gasteiger partial charge in [0.1, 0.15) is 35.0 Å². The van der Waals surface area contributed by atoms with E-state index < -0.39 is 11.9 Å². The van der Waals surface area contributed by atoms with Gasteiger partial charge in [0.25, 0.3) is 5.91 Å². The summed E-state index contributed by atoms with van der Waals surface area (Å²) in [4.78, 5) is 49.6. The number of benzene rings is 3. The predicted molar refractivity (Wildman–Crippen MR) is 194 cm³/mol. The van der Waals surface area contributed by atoms with Gasteiger partial charge in [0.15, 0.2) is 0 Å². The maximum atomic E-state index is 12.9. The number of fused-ring (bicyclic) bond motifs is 2. The molecule has 0 saturated carbocycles. The molecule has 50 heavy (non-hydrogen) atoms. The maximum absolute atomic E-state index is 12.9. The van der Waals surface area contributed by atoms with Crippen LogP contribution in [-0.2, 0) is 16.1 Å². The van der Waals surface area contributed by atoms with Crippen LogP contribution in [0.5, 0.6) is 11.5 Å². The molecule has 256 valence electrons. The molecule has 1 fully saturated rings. The van der Waals surface area contributed by atoms with Crippen LogP contribution in [-0.4, -0.2) is 79.0 Å². The summed E-state index contributed by atoms with van der Waals surface area (Å²) in [5.74, 6) is 1.53. The molecule has 3 aromatic carbocycles. The molecule has 1 atom stereocenters. The van der Waals surface area contributed by atoms with Crippen molar-refractivity contribution in [3.63, 3.8) is 0 Å². The zero-order chi connectivity index (χ0) is 34.6. The topological polar surface area (TPSA) is 126 Å². The number of imide groups is 1. The van der Waals surface area contributed by atoms with Crippen LogP contribution in [0.1, 0.15) is 35.2 Å². The van der Waals surface area contributed by atoms with Crippen LogP contribution in [0.4, 0.5) is 5.82 Å². The third kappa shape index (κ3) is 7.31. The fourth-order valence-electron chi connectivity index (χ4n) is 6.14. The third-order valence-corrected chi connectivity index (χ3v) is 9.91. The second-order valence-electron chi connectivity index (χ2n) is 12.5. The molecule has 0 radical (unpaired) electrons. The average molecular weight is 691 g/mol. The smallest absolute Gasteiger partial charge is 0.255 e. The van der Waals surface area contributed by atoms with Crippen molar-refractivity contribution in [2.75, 3.05) is 45.3 Å². The molecule has 5 aromatic rings. The molecule has 0 spiro atoms. The van der Waals surface area contributed by atoms with Crippen molar-refractivity contribution in [1.82, 2.24) is 25.5 Å². The van der Waals surface area contributed by atoms with Gasteiger partial charge in [-0.05, 0) is 79.0 Å². The molecule has 7 rings (SSSR count). The summed E-state index contributed by atoms with van der Waals surface area (Å²) >= 11 is 1.65. The Balaban J connectivity index is 0.828. The highest BCUT2D eigenvalue weighted by molar-refractivity contribution is 7.21. The van der Waals surface area contributed by atoms with E-state index >= 15 is 0 Å². The Morgan fingerprint density at radius 2 is 1.66 bits per heavy atom. The van der Waals surface area contributed by atoms with Gasteiger partial charge in [-0.25, -0.2) is 9.97 Å². The molecule has 11 nitrogen and oxygen atoms in total. The highest BCUT2D eigenvalue weighted by atomic mass is 32.1. The van der Waals surface area contributed by atoms with Crippen LogP contribution in [0.25, 0.3) is 31.9 Å². The summed E-state index contributed by atoms with van der Waals surface area (Å²) in [6, 6.07) is 23.3. The van der Waals surface area contributed by atoms with E-state index in [4.69, 9.17) is 14.5 Å². The van der Waals surface area contributed by atoms with E-state index in [1.54, 1.807) is 23.5 Å². The molecule has 2 aliphatic rings. The van der Waals surface area contributed by atoms with E-state index in [1.807, 2.05) is 49.5 Å². The van der Waals surface area contributed by atoms with Crippen LogP contribution in [0.15, 0.2) is 79.0 Å². The van der Waals surface area contributed by atoms with Crippen molar-refractivity contribution >= 4 is 45.1 Å². The number of carbonyl (C=O) groups excluding carboxylic acids is 3. The quantitative estimate of drug-likeness (QED) is 0.125. The van der Waals surface area contributed by atoms with Gasteiger partial charge in [-0.15, -0.1) is 11.3 Å². The molecule has 0 bridgehead atoms. The highest BCUT2D eigenvalue weighted by Gasteiger charge is 2.39. The Labute approximate surface area is 294 Å². The van der Waals surface area contributed by atoms with E-state index in [0.29, 0.717) is 44.0 Å². The number of rotatable bonds is 13. The number of hydrogen-bond acceptors (Lipinski definition) is 10. The summed E-state index contributed by atoms with van der Waals surface area (Å²) in [5, 5.41) is 6.68. The minimum absolute atomic E-state index is 0.191. The summed E-state index contributed by atoms with van der Waals surface area (Å²) in [7, 11) is 3.96. The number of aromatic nitrogens is 2. The van der Waals surface area contributed by atoms with Crippen LogP contribution in [0.3, 0.4) is 0 Å². The minimum Gasteiger partial charge on any atom is -0.493 e. The van der Waals surface area contributed by atoms with Crippen molar-refractivity contribution < 1.29 is 23.9 Å². The number of piperidine rings is 1. The van der Waals surface area contributed by atoms with Crippen molar-refractivity contribution in [1.29, 1.82) is 0 Å². The molecule has 2 aliphatic heterocycles. The van der Waals surface area contributed by atoms with Crippen molar-refractivity contribution in [3.8, 4) is 33.2 Å². The normalized spacial score (nSPS) is 15.7. The van der Waals surface area contributed by atoms with Crippen LogP contribution < -0.4 is 25.0 Å². The number of nitrogens with zero attached hydrogens (tertiary/aromatic N) is 4. The number of ether oxygens (including phenoxy) is 2. The van der Waals surface area contributed by atoms with Crippen molar-refractivity contribution in [2.24, 2.45) is 0 Å². The standard InChI is InChI=1S/C38H38N6O5S/c1-43(2)34-14-8-26(22-40-34)24-4-6-25(7-5-24)37-41-31-12-10-29(21-33(31)50-37)48-18-3-16-39-17-19-49-28-9-11-30-27(20-28)23-44(38(30)47)32-13-15-35(45)42-36(32)46/h4-12,14,20-22,32,39H,3,13,15-19,23H2,1-2H3,(H,42,45,46). The number of carbonyl (C=O) groups is 3. The van der Waals surface area contributed by atoms with Crippen LogP contribution >= 0.6 is 11.3 Å². The molecule has 12 heteroatoms. The Kier molecular flexibility index (Phi) is 9.72. The molecule has 4 heterocycles. The number of thiazole rings is 1. The molecular weight excluding hydrogens is 653 g/mol.